The molecule has 0 nitrogen and oxygen atoms in total. The van der Waals surface area contributed by atoms with Gasteiger partial charge in [-0.05, 0) is 160 Å². The van der Waals surface area contributed by atoms with Gasteiger partial charge in [-0.25, -0.2) is 0 Å². The highest BCUT2D eigenvalue weighted by atomic mass is 14.5. The second-order valence-electron chi connectivity index (χ2n) is 20.2. The highest BCUT2D eigenvalue weighted by Crippen LogP contribution is 2.56. The maximum absolute atomic E-state index is 2.36. The van der Waals surface area contributed by atoms with E-state index in [-0.39, 0.29) is 0 Å². The number of hydrogen-bond acceptors (Lipinski definition) is 0. The Bertz CT molecular complexity index is 3840. The summed E-state index contributed by atoms with van der Waals surface area (Å²) in [5.41, 5.74) is 24.0. The summed E-state index contributed by atoms with van der Waals surface area (Å²) in [4.78, 5) is 0. The molecular weight excluding hydrogens is 901 g/mol. The Morgan fingerprint density at radius 3 is 0.987 bits per heavy atom. The molecule has 1 aliphatic rings. The monoisotopic (exact) mass is 954 g/mol. The van der Waals surface area contributed by atoms with Crippen molar-refractivity contribution in [3.05, 3.63) is 346 Å². The summed E-state index contributed by atoms with van der Waals surface area (Å²) < 4.78 is 0. The normalized spacial score (nSPS) is 12.9. The zero-order valence-electron chi connectivity index (χ0n) is 42.2. The molecule has 12 aromatic carbocycles. The van der Waals surface area contributed by atoms with Gasteiger partial charge in [0.05, 0.1) is 5.41 Å². The summed E-state index contributed by atoms with van der Waals surface area (Å²) in [6.45, 7) is 4.29. The lowest BCUT2D eigenvalue weighted by Crippen LogP contribution is -2.28. The van der Waals surface area contributed by atoms with Crippen LogP contribution in [-0.4, -0.2) is 0 Å². The molecule has 0 heteroatoms. The van der Waals surface area contributed by atoms with Gasteiger partial charge in [-0.1, -0.05) is 278 Å². The number of rotatable bonds is 10. The number of hydrogen-bond donors (Lipinski definition) is 0. The summed E-state index contributed by atoms with van der Waals surface area (Å²) in [5.74, 6) is 0. The number of benzene rings is 12. The Labute approximate surface area is 440 Å². The van der Waals surface area contributed by atoms with Gasteiger partial charge in [-0.3, -0.25) is 0 Å². The van der Waals surface area contributed by atoms with Crippen molar-refractivity contribution in [1.82, 2.24) is 0 Å². The molecule has 354 valence electrons. The fourth-order valence-corrected chi connectivity index (χ4v) is 11.6. The lowest BCUT2D eigenvalue weighted by atomic mass is 9.67. The van der Waals surface area contributed by atoms with E-state index >= 15 is 0 Å². The summed E-state index contributed by atoms with van der Waals surface area (Å²) in [5, 5.41) is 4.98. The molecule has 0 radical (unpaired) electrons. The molecular formula is C75H54. The predicted octanol–water partition coefficient (Wildman–Crippen LogP) is 19.5. The first kappa shape index (κ1) is 45.5. The van der Waals surface area contributed by atoms with Crippen molar-refractivity contribution in [3.8, 4) is 33.4 Å². The summed E-state index contributed by atoms with van der Waals surface area (Å²) >= 11 is 0. The minimum Gasteiger partial charge on any atom is -0.0619 e. The molecule has 75 heavy (non-hydrogen) atoms. The van der Waals surface area contributed by atoms with E-state index in [1.807, 2.05) is 0 Å². The van der Waals surface area contributed by atoms with Crippen LogP contribution in [0.15, 0.2) is 279 Å². The quantitative estimate of drug-likeness (QED) is 0.120. The molecule has 0 aromatic heterocycles. The van der Waals surface area contributed by atoms with Crippen molar-refractivity contribution in [1.29, 1.82) is 0 Å². The van der Waals surface area contributed by atoms with Gasteiger partial charge < -0.3 is 0 Å². The van der Waals surface area contributed by atoms with Crippen LogP contribution < -0.4 is 0 Å². The van der Waals surface area contributed by atoms with Crippen molar-refractivity contribution < 1.29 is 0 Å². The van der Waals surface area contributed by atoms with Crippen LogP contribution in [0.3, 0.4) is 0 Å². The Hall–Kier alpha value is -9.36. The predicted molar refractivity (Wildman–Crippen MR) is 319 cm³/mol. The van der Waals surface area contributed by atoms with Gasteiger partial charge in [0.2, 0.25) is 0 Å². The molecule has 0 amide bonds. The third-order valence-corrected chi connectivity index (χ3v) is 15.5. The highest BCUT2D eigenvalue weighted by Gasteiger charge is 2.45. The molecule has 0 saturated heterocycles. The SMILES string of the molecule is Cc1ccc(C(=Cc2ccc(-c3ccc(C4(c5ccc(-c6ccc(C=C(c7ccc(C)cc7)c7ccc8ccccc8c7)cc6)cc5)c5ccccc5-c5ccccc54)cc3)cc2)c2ccc3ccccc3c2)cc1. The standard InChI is InChI=1S/C75H54/c1-51-19-27-61(28-20-51)71(65-37-35-55-11-3-5-13-63(55)49-65)47-53-23-31-57(32-24-53)59-39-43-67(44-40-59)75(73-17-9-7-15-69(73)70-16-8-10-18-74(70)75)68-45-41-60(42-46-68)58-33-25-54(26-34-58)48-72(62-29-21-52(2)22-30-62)66-38-36-56-12-4-6-14-64(56)50-66/h3-50H,1-2H3. The van der Waals surface area contributed by atoms with E-state index in [1.165, 1.54) is 122 Å². The van der Waals surface area contributed by atoms with E-state index in [9.17, 15) is 0 Å². The maximum atomic E-state index is 2.36. The van der Waals surface area contributed by atoms with E-state index in [4.69, 9.17) is 0 Å². The average Bonchev–Trinajstić information content (AvgIpc) is 3.78. The van der Waals surface area contributed by atoms with E-state index in [0.29, 0.717) is 0 Å². The molecule has 0 heterocycles. The van der Waals surface area contributed by atoms with Gasteiger partial charge in [-0.15, -0.1) is 0 Å². The lowest BCUT2D eigenvalue weighted by molar-refractivity contribution is 0.769. The van der Waals surface area contributed by atoms with Crippen LogP contribution >= 0.6 is 0 Å². The van der Waals surface area contributed by atoms with Crippen molar-refractivity contribution in [2.75, 3.05) is 0 Å². The van der Waals surface area contributed by atoms with Gasteiger partial charge in [0.1, 0.15) is 0 Å². The fourth-order valence-electron chi connectivity index (χ4n) is 11.6. The van der Waals surface area contributed by atoms with Gasteiger partial charge in [-0.2, -0.15) is 0 Å². The zero-order valence-corrected chi connectivity index (χ0v) is 42.2. The Kier molecular flexibility index (Phi) is 11.7. The first-order valence-corrected chi connectivity index (χ1v) is 26.1. The van der Waals surface area contributed by atoms with Crippen molar-refractivity contribution in [3.63, 3.8) is 0 Å². The van der Waals surface area contributed by atoms with E-state index in [2.05, 4.69) is 305 Å². The van der Waals surface area contributed by atoms with Crippen LogP contribution in [0.2, 0.25) is 0 Å². The van der Waals surface area contributed by atoms with Crippen LogP contribution in [0.1, 0.15) is 66.8 Å². The summed E-state index contributed by atoms with van der Waals surface area (Å²) in [6, 6.07) is 103. The average molecular weight is 955 g/mol. The van der Waals surface area contributed by atoms with Crippen LogP contribution in [-0.2, 0) is 5.41 Å². The van der Waals surface area contributed by atoms with Gasteiger partial charge in [0.15, 0.2) is 0 Å². The molecule has 13 rings (SSSR count). The molecule has 1 aliphatic carbocycles. The van der Waals surface area contributed by atoms with Crippen molar-refractivity contribution in [2.24, 2.45) is 0 Å². The lowest BCUT2D eigenvalue weighted by Gasteiger charge is -2.34. The topological polar surface area (TPSA) is 0 Å². The summed E-state index contributed by atoms with van der Waals surface area (Å²) in [6.07, 6.45) is 4.66. The first-order valence-electron chi connectivity index (χ1n) is 26.1. The molecule has 0 N–H and O–H groups in total. The Morgan fingerprint density at radius 1 is 0.280 bits per heavy atom. The molecule has 0 atom stereocenters. The summed E-state index contributed by atoms with van der Waals surface area (Å²) in [7, 11) is 0. The van der Waals surface area contributed by atoms with Gasteiger partial charge >= 0.3 is 0 Å². The number of fused-ring (bicyclic) bond motifs is 5. The van der Waals surface area contributed by atoms with Crippen molar-refractivity contribution >= 4 is 44.8 Å². The highest BCUT2D eigenvalue weighted by molar-refractivity contribution is 5.97. The third-order valence-electron chi connectivity index (χ3n) is 15.5. The van der Waals surface area contributed by atoms with E-state index in [0.717, 1.165) is 11.1 Å². The zero-order chi connectivity index (χ0) is 50.3. The number of aryl methyl sites for hydroxylation is 2. The molecule has 0 saturated carbocycles. The second kappa shape index (κ2) is 19.2. The van der Waals surface area contributed by atoms with E-state index in [1.54, 1.807) is 0 Å². The first-order chi connectivity index (χ1) is 36.9. The van der Waals surface area contributed by atoms with Crippen LogP contribution in [0.25, 0.3) is 78.2 Å². The molecule has 12 aromatic rings. The minimum absolute atomic E-state index is 0.502. The van der Waals surface area contributed by atoms with Gasteiger partial charge in [0, 0.05) is 0 Å². The van der Waals surface area contributed by atoms with Crippen LogP contribution in [0.5, 0.6) is 0 Å². The molecule has 0 aliphatic heterocycles. The fraction of sp³-hybridized carbons (Fsp3) is 0.0400. The molecule has 0 fully saturated rings. The van der Waals surface area contributed by atoms with Crippen molar-refractivity contribution in [2.45, 2.75) is 19.3 Å². The Balaban J connectivity index is 0.829. The third kappa shape index (κ3) is 8.51. The maximum Gasteiger partial charge on any atom is 0.0713 e. The minimum atomic E-state index is -0.502. The Morgan fingerprint density at radius 2 is 0.600 bits per heavy atom. The molecule has 0 unspecified atom stereocenters. The van der Waals surface area contributed by atoms with Crippen LogP contribution in [0.4, 0.5) is 0 Å². The van der Waals surface area contributed by atoms with E-state index < -0.39 is 5.41 Å². The van der Waals surface area contributed by atoms with Crippen LogP contribution in [0, 0.1) is 13.8 Å². The largest absolute Gasteiger partial charge is 0.0713 e. The molecule has 0 bridgehead atoms. The molecule has 0 spiro atoms. The second-order valence-corrected chi connectivity index (χ2v) is 20.2. The van der Waals surface area contributed by atoms with Gasteiger partial charge in [0.25, 0.3) is 0 Å². The smallest absolute Gasteiger partial charge is 0.0619 e.